The number of hydrogen-bond acceptors (Lipinski definition) is 5. The number of carbonyl (C=O) groups excluding carboxylic acids is 2. The molecule has 1 saturated heterocycles. The van der Waals surface area contributed by atoms with E-state index >= 15 is 0 Å². The number of piperazine rings is 1. The summed E-state index contributed by atoms with van der Waals surface area (Å²) in [6.45, 7) is 7.21. The van der Waals surface area contributed by atoms with Gasteiger partial charge in [0.1, 0.15) is 17.0 Å². The highest BCUT2D eigenvalue weighted by molar-refractivity contribution is 5.94. The van der Waals surface area contributed by atoms with Gasteiger partial charge >= 0.3 is 6.09 Å². The van der Waals surface area contributed by atoms with Crippen molar-refractivity contribution in [1.82, 2.24) is 19.6 Å². The van der Waals surface area contributed by atoms with Crippen molar-refractivity contribution >= 4 is 12.0 Å². The van der Waals surface area contributed by atoms with Gasteiger partial charge in [0.2, 0.25) is 0 Å². The second-order valence-electron chi connectivity index (χ2n) is 8.40. The van der Waals surface area contributed by atoms with E-state index in [2.05, 4.69) is 5.10 Å². The van der Waals surface area contributed by atoms with Crippen LogP contribution in [0.1, 0.15) is 31.3 Å². The Labute approximate surface area is 181 Å². The molecule has 0 bridgehead atoms. The molecule has 162 valence electrons. The van der Waals surface area contributed by atoms with Crippen LogP contribution in [0.15, 0.2) is 59.2 Å². The van der Waals surface area contributed by atoms with Crippen LogP contribution in [0.3, 0.4) is 0 Å². The molecule has 3 heterocycles. The van der Waals surface area contributed by atoms with Gasteiger partial charge in [-0.15, -0.1) is 0 Å². The summed E-state index contributed by atoms with van der Waals surface area (Å²) in [5.74, 6) is 0.455. The molecule has 4 rings (SSSR count). The van der Waals surface area contributed by atoms with E-state index < -0.39 is 5.60 Å². The number of nitrogens with zero attached hydrogens (tertiary/aromatic N) is 4. The lowest BCUT2D eigenvalue weighted by atomic mass is 10.2. The van der Waals surface area contributed by atoms with Crippen LogP contribution in [0.4, 0.5) is 4.79 Å². The fourth-order valence-electron chi connectivity index (χ4n) is 3.42. The minimum absolute atomic E-state index is 0.141. The summed E-state index contributed by atoms with van der Waals surface area (Å²) in [6, 6.07) is 14.9. The van der Waals surface area contributed by atoms with Gasteiger partial charge in [-0.2, -0.15) is 5.10 Å². The zero-order valence-corrected chi connectivity index (χ0v) is 17.9. The molecular weight excluding hydrogens is 396 g/mol. The third-order valence-corrected chi connectivity index (χ3v) is 4.92. The molecule has 2 amide bonds. The summed E-state index contributed by atoms with van der Waals surface area (Å²) in [5, 5.41) is 4.61. The normalized spacial score (nSPS) is 14.5. The molecule has 2 aromatic heterocycles. The van der Waals surface area contributed by atoms with E-state index in [-0.39, 0.29) is 12.0 Å². The Balaban J connectivity index is 1.54. The third-order valence-electron chi connectivity index (χ3n) is 4.92. The molecule has 0 saturated carbocycles. The maximum Gasteiger partial charge on any atom is 0.410 e. The SMILES string of the molecule is CC(C)(C)OC(=O)N1CCN(C(=O)c2cc(-c3ccco3)nn2-c2ccccc2)CC1. The summed E-state index contributed by atoms with van der Waals surface area (Å²) >= 11 is 0. The average molecular weight is 422 g/mol. The Morgan fingerprint density at radius 2 is 1.65 bits per heavy atom. The first-order chi connectivity index (χ1) is 14.8. The largest absolute Gasteiger partial charge is 0.463 e. The lowest BCUT2D eigenvalue weighted by Crippen LogP contribution is -2.51. The van der Waals surface area contributed by atoms with E-state index in [1.165, 1.54) is 0 Å². The molecule has 0 aliphatic carbocycles. The van der Waals surface area contributed by atoms with Crippen LogP contribution < -0.4 is 0 Å². The first-order valence-electron chi connectivity index (χ1n) is 10.3. The maximum absolute atomic E-state index is 13.4. The van der Waals surface area contributed by atoms with Gasteiger partial charge < -0.3 is 19.0 Å². The molecule has 31 heavy (non-hydrogen) atoms. The van der Waals surface area contributed by atoms with Gasteiger partial charge in [-0.1, -0.05) is 18.2 Å². The second-order valence-corrected chi connectivity index (χ2v) is 8.40. The standard InChI is InChI=1S/C23H26N4O4/c1-23(2,3)31-22(29)26-13-11-25(12-14-26)21(28)19-16-18(20-10-7-15-30-20)24-27(19)17-8-5-4-6-9-17/h4-10,15-16H,11-14H2,1-3H3. The highest BCUT2D eigenvalue weighted by atomic mass is 16.6. The van der Waals surface area contributed by atoms with Gasteiger partial charge in [-0.25, -0.2) is 9.48 Å². The second kappa shape index (κ2) is 8.29. The quantitative estimate of drug-likeness (QED) is 0.641. The first kappa shape index (κ1) is 20.7. The Morgan fingerprint density at radius 3 is 2.26 bits per heavy atom. The summed E-state index contributed by atoms with van der Waals surface area (Å²) in [7, 11) is 0. The molecule has 1 aliphatic heterocycles. The number of rotatable bonds is 3. The molecule has 0 N–H and O–H groups in total. The molecule has 0 atom stereocenters. The van der Waals surface area contributed by atoms with Crippen molar-refractivity contribution in [2.24, 2.45) is 0 Å². The van der Waals surface area contributed by atoms with Crippen LogP contribution in [0, 0.1) is 0 Å². The molecule has 0 spiro atoms. The third kappa shape index (κ3) is 4.63. The number of hydrogen-bond donors (Lipinski definition) is 0. The van der Waals surface area contributed by atoms with E-state index in [0.29, 0.717) is 43.3 Å². The monoisotopic (exact) mass is 422 g/mol. The van der Waals surface area contributed by atoms with E-state index in [4.69, 9.17) is 9.15 Å². The molecule has 0 unspecified atom stereocenters. The minimum atomic E-state index is -0.547. The maximum atomic E-state index is 13.4. The number of amides is 2. The molecule has 1 fully saturated rings. The fraction of sp³-hybridized carbons (Fsp3) is 0.348. The van der Waals surface area contributed by atoms with Crippen LogP contribution >= 0.6 is 0 Å². The molecule has 8 nitrogen and oxygen atoms in total. The van der Waals surface area contributed by atoms with Crippen LogP contribution in [0.5, 0.6) is 0 Å². The van der Waals surface area contributed by atoms with E-state index in [0.717, 1.165) is 5.69 Å². The van der Waals surface area contributed by atoms with Crippen LogP contribution in [0.2, 0.25) is 0 Å². The Morgan fingerprint density at radius 1 is 0.968 bits per heavy atom. The van der Waals surface area contributed by atoms with Crippen molar-refractivity contribution < 1.29 is 18.7 Å². The highest BCUT2D eigenvalue weighted by Crippen LogP contribution is 2.23. The lowest BCUT2D eigenvalue weighted by molar-refractivity contribution is 0.0139. The topological polar surface area (TPSA) is 80.8 Å². The zero-order chi connectivity index (χ0) is 22.0. The summed E-state index contributed by atoms with van der Waals surface area (Å²) in [5.41, 5.74) is 1.28. The zero-order valence-electron chi connectivity index (χ0n) is 17.9. The van der Waals surface area contributed by atoms with Crippen molar-refractivity contribution in [3.8, 4) is 17.1 Å². The Kier molecular flexibility index (Phi) is 5.54. The van der Waals surface area contributed by atoms with Gasteiger partial charge in [-0.05, 0) is 45.0 Å². The van der Waals surface area contributed by atoms with Gasteiger partial charge in [0.15, 0.2) is 5.76 Å². The molecule has 3 aromatic rings. The number of ether oxygens (including phenoxy) is 1. The fourth-order valence-corrected chi connectivity index (χ4v) is 3.42. The van der Waals surface area contributed by atoms with Crippen LogP contribution in [-0.2, 0) is 4.74 Å². The van der Waals surface area contributed by atoms with E-state index in [9.17, 15) is 9.59 Å². The van der Waals surface area contributed by atoms with Gasteiger partial charge in [0, 0.05) is 32.2 Å². The molecule has 0 radical (unpaired) electrons. The minimum Gasteiger partial charge on any atom is -0.463 e. The predicted octanol–water partition coefficient (Wildman–Crippen LogP) is 3.83. The van der Waals surface area contributed by atoms with Crippen molar-refractivity contribution in [3.63, 3.8) is 0 Å². The van der Waals surface area contributed by atoms with Crippen LogP contribution in [-0.4, -0.2) is 63.4 Å². The van der Waals surface area contributed by atoms with Crippen molar-refractivity contribution in [1.29, 1.82) is 0 Å². The summed E-state index contributed by atoms with van der Waals surface area (Å²) < 4.78 is 12.5. The van der Waals surface area contributed by atoms with E-state index in [1.807, 2.05) is 57.2 Å². The van der Waals surface area contributed by atoms with Crippen molar-refractivity contribution in [3.05, 3.63) is 60.5 Å². The summed E-state index contributed by atoms with van der Waals surface area (Å²) in [6.07, 6.45) is 1.22. The number of benzene rings is 1. The Bertz CT molecular complexity index is 1040. The average Bonchev–Trinajstić information content (AvgIpc) is 3.43. The predicted molar refractivity (Wildman–Crippen MR) is 115 cm³/mol. The number of para-hydroxylation sites is 1. The van der Waals surface area contributed by atoms with Crippen molar-refractivity contribution in [2.75, 3.05) is 26.2 Å². The molecule has 1 aliphatic rings. The summed E-state index contributed by atoms with van der Waals surface area (Å²) in [4.78, 5) is 29.1. The Hall–Kier alpha value is -3.55. The lowest BCUT2D eigenvalue weighted by Gasteiger charge is -2.35. The van der Waals surface area contributed by atoms with E-state index in [1.54, 1.807) is 32.9 Å². The molecular formula is C23H26N4O4. The number of furan rings is 1. The van der Waals surface area contributed by atoms with Crippen molar-refractivity contribution in [2.45, 2.75) is 26.4 Å². The van der Waals surface area contributed by atoms with Gasteiger partial charge in [-0.3, -0.25) is 4.79 Å². The van der Waals surface area contributed by atoms with Crippen LogP contribution in [0.25, 0.3) is 17.1 Å². The van der Waals surface area contributed by atoms with Gasteiger partial charge in [0.25, 0.3) is 5.91 Å². The molecule has 8 heteroatoms. The molecule has 1 aromatic carbocycles. The number of carbonyl (C=O) groups is 2. The smallest absolute Gasteiger partial charge is 0.410 e. The highest BCUT2D eigenvalue weighted by Gasteiger charge is 2.30. The van der Waals surface area contributed by atoms with Gasteiger partial charge in [0.05, 0.1) is 12.0 Å². The first-order valence-corrected chi connectivity index (χ1v) is 10.3. The number of aromatic nitrogens is 2.